The number of alkyl halides is 3. The summed E-state index contributed by atoms with van der Waals surface area (Å²) in [6.45, 7) is 5.12. The molecule has 1 amide bonds. The first-order chi connectivity index (χ1) is 15.0. The summed E-state index contributed by atoms with van der Waals surface area (Å²) in [6.07, 6.45) is -2.82. The first kappa shape index (κ1) is 24.7. The van der Waals surface area contributed by atoms with Gasteiger partial charge in [-0.1, -0.05) is 0 Å². The van der Waals surface area contributed by atoms with Crippen molar-refractivity contribution in [2.45, 2.75) is 25.6 Å². The van der Waals surface area contributed by atoms with Crippen molar-refractivity contribution in [3.63, 3.8) is 0 Å². The van der Waals surface area contributed by atoms with Crippen molar-refractivity contribution in [3.05, 3.63) is 23.8 Å². The molecule has 1 N–H and O–H groups in total. The number of carbonyl (C=O) groups excluding carboxylic acids is 1. The number of anilines is 2. The third-order valence-corrected chi connectivity index (χ3v) is 7.12. The Bertz CT molecular complexity index is 920. The molecule has 180 valence electrons. The third-order valence-electron chi connectivity index (χ3n) is 5.82. The summed E-state index contributed by atoms with van der Waals surface area (Å²) in [5.74, 6) is -0.438. The summed E-state index contributed by atoms with van der Waals surface area (Å²) in [4.78, 5) is 16.7. The van der Waals surface area contributed by atoms with Crippen LogP contribution in [-0.2, 0) is 25.7 Å². The van der Waals surface area contributed by atoms with Gasteiger partial charge in [-0.3, -0.25) is 9.69 Å². The molecule has 2 saturated heterocycles. The number of ether oxygens (including phenoxy) is 1. The van der Waals surface area contributed by atoms with Gasteiger partial charge in [0.2, 0.25) is 15.9 Å². The van der Waals surface area contributed by atoms with E-state index in [1.54, 1.807) is 6.92 Å². The molecular formula is C20H29F3N4O4S. The molecule has 2 aliphatic rings. The molecule has 0 aliphatic carbocycles. The number of sulfonamides is 1. The summed E-state index contributed by atoms with van der Waals surface area (Å²) in [7, 11) is -3.32. The molecule has 1 atom stereocenters. The zero-order valence-corrected chi connectivity index (χ0v) is 19.0. The van der Waals surface area contributed by atoms with Gasteiger partial charge in [-0.25, -0.2) is 12.7 Å². The molecule has 0 bridgehead atoms. The summed E-state index contributed by atoms with van der Waals surface area (Å²) in [6, 6.07) is 2.72. The predicted octanol–water partition coefficient (Wildman–Crippen LogP) is 1.84. The van der Waals surface area contributed by atoms with Crippen molar-refractivity contribution < 1.29 is 31.1 Å². The average molecular weight is 479 g/mol. The molecule has 3 rings (SSSR count). The molecule has 1 unspecified atom stereocenters. The van der Waals surface area contributed by atoms with Crippen LogP contribution in [-0.4, -0.2) is 88.3 Å². The van der Waals surface area contributed by atoms with E-state index >= 15 is 0 Å². The molecule has 12 heteroatoms. The van der Waals surface area contributed by atoms with Gasteiger partial charge in [-0.15, -0.1) is 0 Å². The van der Waals surface area contributed by atoms with Crippen LogP contribution in [0, 0.1) is 0 Å². The Balaban J connectivity index is 1.77. The first-order valence-electron chi connectivity index (χ1n) is 10.5. The molecule has 32 heavy (non-hydrogen) atoms. The van der Waals surface area contributed by atoms with E-state index in [4.69, 9.17) is 4.74 Å². The van der Waals surface area contributed by atoms with E-state index in [2.05, 4.69) is 5.32 Å². The van der Waals surface area contributed by atoms with Crippen LogP contribution in [0.2, 0.25) is 0 Å². The molecule has 0 saturated carbocycles. The number of halogens is 3. The Morgan fingerprint density at radius 1 is 1.09 bits per heavy atom. The van der Waals surface area contributed by atoms with Crippen molar-refractivity contribution in [2.24, 2.45) is 0 Å². The lowest BCUT2D eigenvalue weighted by Gasteiger charge is -2.32. The molecule has 1 aromatic carbocycles. The van der Waals surface area contributed by atoms with E-state index in [-0.39, 0.29) is 12.2 Å². The number of carbonyl (C=O) groups is 1. The first-order valence-corrected chi connectivity index (χ1v) is 12.4. The highest BCUT2D eigenvalue weighted by Gasteiger charge is 2.33. The Kier molecular flexibility index (Phi) is 7.69. The zero-order chi connectivity index (χ0) is 23.5. The summed E-state index contributed by atoms with van der Waals surface area (Å²) < 4.78 is 70.2. The Labute approximate surface area is 186 Å². The topological polar surface area (TPSA) is 82.2 Å². The highest BCUT2D eigenvalue weighted by atomic mass is 32.2. The molecule has 1 aromatic rings. The van der Waals surface area contributed by atoms with Gasteiger partial charge >= 0.3 is 6.18 Å². The average Bonchev–Trinajstić information content (AvgIpc) is 2.99. The van der Waals surface area contributed by atoms with E-state index in [1.165, 1.54) is 10.4 Å². The maximum absolute atomic E-state index is 13.3. The quantitative estimate of drug-likeness (QED) is 0.696. The van der Waals surface area contributed by atoms with Crippen LogP contribution >= 0.6 is 0 Å². The molecule has 2 heterocycles. The van der Waals surface area contributed by atoms with Gasteiger partial charge in [0.25, 0.3) is 0 Å². The second-order valence-electron chi connectivity index (χ2n) is 8.05. The van der Waals surface area contributed by atoms with Gasteiger partial charge in [0.05, 0.1) is 42.4 Å². The lowest BCUT2D eigenvalue weighted by atomic mass is 10.1. The fraction of sp³-hybridized carbons (Fsp3) is 0.650. The van der Waals surface area contributed by atoms with Crippen molar-refractivity contribution in [1.82, 2.24) is 9.21 Å². The Hall–Kier alpha value is -1.89. The van der Waals surface area contributed by atoms with Crippen molar-refractivity contribution in [3.8, 4) is 0 Å². The minimum atomic E-state index is -4.53. The number of amides is 1. The minimum absolute atomic E-state index is 0.103. The minimum Gasteiger partial charge on any atom is -0.378 e. The van der Waals surface area contributed by atoms with E-state index in [1.807, 2.05) is 9.80 Å². The molecule has 0 aromatic heterocycles. The molecule has 0 spiro atoms. The van der Waals surface area contributed by atoms with E-state index in [0.717, 1.165) is 18.4 Å². The van der Waals surface area contributed by atoms with Crippen molar-refractivity contribution >= 4 is 27.3 Å². The van der Waals surface area contributed by atoms with E-state index in [0.29, 0.717) is 58.0 Å². The van der Waals surface area contributed by atoms with E-state index in [9.17, 15) is 26.4 Å². The highest BCUT2D eigenvalue weighted by molar-refractivity contribution is 7.88. The van der Waals surface area contributed by atoms with Crippen LogP contribution in [0.25, 0.3) is 0 Å². The van der Waals surface area contributed by atoms with Crippen LogP contribution in [0.5, 0.6) is 0 Å². The normalized spacial score (nSPS) is 20.6. The van der Waals surface area contributed by atoms with Gasteiger partial charge in [-0.2, -0.15) is 13.2 Å². The SMILES string of the molecule is CC(C(=O)Nc1cc(C(F)(F)F)ccc1N1CCOCC1)N1CCCN(S(C)(=O)=O)CC1. The molecule has 2 fully saturated rings. The van der Waals surface area contributed by atoms with Crippen molar-refractivity contribution in [2.75, 3.05) is 69.0 Å². The van der Waals surface area contributed by atoms with Gasteiger partial charge in [-0.05, 0) is 31.5 Å². The smallest absolute Gasteiger partial charge is 0.378 e. The van der Waals surface area contributed by atoms with Crippen LogP contribution < -0.4 is 10.2 Å². The Morgan fingerprint density at radius 3 is 2.41 bits per heavy atom. The number of rotatable bonds is 5. The predicted molar refractivity (Wildman–Crippen MR) is 115 cm³/mol. The number of nitrogens with zero attached hydrogens (tertiary/aromatic N) is 3. The number of morpholine rings is 1. The van der Waals surface area contributed by atoms with Crippen LogP contribution in [0.4, 0.5) is 24.5 Å². The second-order valence-corrected chi connectivity index (χ2v) is 10.0. The third kappa shape index (κ3) is 6.12. The Morgan fingerprint density at radius 2 is 1.78 bits per heavy atom. The summed E-state index contributed by atoms with van der Waals surface area (Å²) in [5.41, 5.74) is -0.219. The second kappa shape index (κ2) is 9.94. The maximum Gasteiger partial charge on any atom is 0.416 e. The number of benzene rings is 1. The van der Waals surface area contributed by atoms with Crippen LogP contribution in [0.3, 0.4) is 0 Å². The van der Waals surface area contributed by atoms with Gasteiger partial charge in [0, 0.05) is 39.3 Å². The molecule has 8 nitrogen and oxygen atoms in total. The number of hydrogen-bond acceptors (Lipinski definition) is 6. The largest absolute Gasteiger partial charge is 0.416 e. The molecule has 0 radical (unpaired) electrons. The van der Waals surface area contributed by atoms with E-state index < -0.39 is 33.7 Å². The van der Waals surface area contributed by atoms with Crippen LogP contribution in [0.15, 0.2) is 18.2 Å². The maximum atomic E-state index is 13.3. The van der Waals surface area contributed by atoms with Gasteiger partial charge in [0.1, 0.15) is 0 Å². The fourth-order valence-electron chi connectivity index (χ4n) is 3.93. The van der Waals surface area contributed by atoms with Crippen LogP contribution in [0.1, 0.15) is 18.9 Å². The summed E-state index contributed by atoms with van der Waals surface area (Å²) >= 11 is 0. The molecule has 2 aliphatic heterocycles. The zero-order valence-electron chi connectivity index (χ0n) is 18.2. The van der Waals surface area contributed by atoms with Crippen molar-refractivity contribution in [1.29, 1.82) is 0 Å². The summed E-state index contributed by atoms with van der Waals surface area (Å²) in [5, 5.41) is 2.68. The molecular weight excluding hydrogens is 449 g/mol. The lowest BCUT2D eigenvalue weighted by Crippen LogP contribution is -2.44. The fourth-order valence-corrected chi connectivity index (χ4v) is 4.80. The van der Waals surface area contributed by atoms with Gasteiger partial charge in [0.15, 0.2) is 0 Å². The number of hydrogen-bond donors (Lipinski definition) is 1. The monoisotopic (exact) mass is 478 g/mol. The van der Waals surface area contributed by atoms with Gasteiger partial charge < -0.3 is 15.0 Å². The lowest BCUT2D eigenvalue weighted by molar-refractivity contribution is -0.137. The number of nitrogens with one attached hydrogen (secondary N) is 1. The standard InChI is InChI=1S/C20H29F3N4O4S/c1-15(25-6-3-7-27(9-8-25)32(2,29)30)19(28)24-17-14-16(20(21,22)23)4-5-18(17)26-10-12-31-13-11-26/h4-5,14-15H,3,6-13H2,1-2H3,(H,24,28). The highest BCUT2D eigenvalue weighted by Crippen LogP contribution is 2.36.